The first-order valence-electron chi connectivity index (χ1n) is 7.45. The van der Waals surface area contributed by atoms with Crippen LogP contribution in [0.4, 0.5) is 0 Å². The van der Waals surface area contributed by atoms with Crippen LogP contribution in [0, 0.1) is 5.92 Å². The van der Waals surface area contributed by atoms with E-state index in [1.54, 1.807) is 6.07 Å². The summed E-state index contributed by atoms with van der Waals surface area (Å²) in [7, 11) is -3.48. The highest BCUT2D eigenvalue weighted by Crippen LogP contribution is 2.33. The molecule has 0 atom stereocenters. The van der Waals surface area contributed by atoms with Gasteiger partial charge in [-0.15, -0.1) is 0 Å². The Balaban J connectivity index is 1.47. The molecule has 6 heteroatoms. The number of hydrogen-bond donors (Lipinski definition) is 2. The lowest BCUT2D eigenvalue weighted by atomic mass is 10.2. The molecule has 1 aromatic rings. The Bertz CT molecular complexity index is 545. The maximum atomic E-state index is 12.0. The molecular formula is C14H22N2O3S. The van der Waals surface area contributed by atoms with Gasteiger partial charge in [-0.25, -0.2) is 13.1 Å². The lowest BCUT2D eigenvalue weighted by Crippen LogP contribution is -2.24. The molecule has 0 unspecified atom stereocenters. The molecule has 1 heterocycles. The first-order chi connectivity index (χ1) is 9.63. The summed E-state index contributed by atoms with van der Waals surface area (Å²) in [5.41, 5.74) is 0. The summed E-state index contributed by atoms with van der Waals surface area (Å²) in [4.78, 5) is 0. The lowest BCUT2D eigenvalue weighted by molar-refractivity contribution is 0.399. The van der Waals surface area contributed by atoms with Gasteiger partial charge in [-0.3, -0.25) is 0 Å². The molecular weight excluding hydrogens is 276 g/mol. The van der Waals surface area contributed by atoms with Crippen LogP contribution in [0.1, 0.15) is 44.3 Å². The van der Waals surface area contributed by atoms with E-state index in [2.05, 4.69) is 10.0 Å². The molecule has 20 heavy (non-hydrogen) atoms. The fourth-order valence-electron chi connectivity index (χ4n) is 2.20. The minimum atomic E-state index is -3.48. The van der Waals surface area contributed by atoms with Crippen LogP contribution in [0.3, 0.4) is 0 Å². The van der Waals surface area contributed by atoms with Gasteiger partial charge in [0, 0.05) is 12.6 Å². The van der Waals surface area contributed by atoms with Crippen molar-refractivity contribution in [2.75, 3.05) is 6.54 Å². The molecule has 0 spiro atoms. The van der Waals surface area contributed by atoms with E-state index < -0.39 is 10.0 Å². The third-order valence-corrected chi connectivity index (χ3v) is 5.16. The molecule has 2 fully saturated rings. The molecule has 5 nitrogen and oxygen atoms in total. The Morgan fingerprint density at radius 1 is 1.20 bits per heavy atom. The minimum absolute atomic E-state index is 0.0246. The summed E-state index contributed by atoms with van der Waals surface area (Å²) in [6, 6.07) is 3.85. The van der Waals surface area contributed by atoms with Gasteiger partial charge in [0.2, 0.25) is 5.09 Å². The van der Waals surface area contributed by atoms with Crippen molar-refractivity contribution in [3.05, 3.63) is 17.9 Å². The zero-order chi connectivity index (χ0) is 14.0. The van der Waals surface area contributed by atoms with Gasteiger partial charge < -0.3 is 9.73 Å². The standard InChI is InChI=1S/C14H22N2O3S/c17-20(18,16-9-1-2-11-3-4-11)14-8-7-13(19-14)10-15-12-5-6-12/h7-8,11-12,15-16H,1-6,9-10H2. The van der Waals surface area contributed by atoms with Crippen molar-refractivity contribution in [2.45, 2.75) is 56.2 Å². The van der Waals surface area contributed by atoms with E-state index in [9.17, 15) is 8.42 Å². The molecule has 3 rings (SSSR count). The maximum absolute atomic E-state index is 12.0. The summed E-state index contributed by atoms with van der Waals surface area (Å²) < 4.78 is 32.1. The van der Waals surface area contributed by atoms with E-state index >= 15 is 0 Å². The average molecular weight is 298 g/mol. The van der Waals surface area contributed by atoms with Crippen LogP contribution in [-0.4, -0.2) is 21.0 Å². The smallest absolute Gasteiger partial charge is 0.273 e. The maximum Gasteiger partial charge on any atom is 0.273 e. The molecule has 0 bridgehead atoms. The van der Waals surface area contributed by atoms with Crippen molar-refractivity contribution in [1.82, 2.24) is 10.0 Å². The van der Waals surface area contributed by atoms with E-state index in [0.717, 1.165) is 18.8 Å². The SMILES string of the molecule is O=S(=O)(NCCCC1CC1)c1ccc(CNC2CC2)o1. The van der Waals surface area contributed by atoms with E-state index in [0.29, 0.717) is 24.9 Å². The lowest BCUT2D eigenvalue weighted by Gasteiger charge is -2.04. The van der Waals surface area contributed by atoms with Crippen LogP contribution in [0.25, 0.3) is 0 Å². The highest BCUT2D eigenvalue weighted by atomic mass is 32.2. The molecule has 0 amide bonds. The van der Waals surface area contributed by atoms with Gasteiger partial charge >= 0.3 is 0 Å². The molecule has 0 aromatic carbocycles. The summed E-state index contributed by atoms with van der Waals surface area (Å²) in [6.07, 6.45) is 7.05. The Labute approximate surface area is 120 Å². The minimum Gasteiger partial charge on any atom is -0.447 e. The van der Waals surface area contributed by atoms with Crippen molar-refractivity contribution in [1.29, 1.82) is 0 Å². The van der Waals surface area contributed by atoms with Gasteiger partial charge in [-0.1, -0.05) is 12.8 Å². The second kappa shape index (κ2) is 5.87. The van der Waals surface area contributed by atoms with E-state index in [4.69, 9.17) is 4.42 Å². The molecule has 0 radical (unpaired) electrons. The molecule has 2 saturated carbocycles. The van der Waals surface area contributed by atoms with Crippen molar-refractivity contribution < 1.29 is 12.8 Å². The Kier molecular flexibility index (Phi) is 4.14. The average Bonchev–Trinajstić information content (AvgIpc) is 3.33. The second-order valence-corrected chi connectivity index (χ2v) is 7.56. The van der Waals surface area contributed by atoms with Gasteiger partial charge in [0.25, 0.3) is 10.0 Å². The highest BCUT2D eigenvalue weighted by molar-refractivity contribution is 7.89. The number of nitrogens with one attached hydrogen (secondary N) is 2. The molecule has 2 aliphatic carbocycles. The van der Waals surface area contributed by atoms with Crippen molar-refractivity contribution in [2.24, 2.45) is 5.92 Å². The summed E-state index contributed by atoms with van der Waals surface area (Å²) in [5, 5.41) is 3.32. The zero-order valence-electron chi connectivity index (χ0n) is 11.6. The Morgan fingerprint density at radius 2 is 2.00 bits per heavy atom. The number of rotatable bonds is 9. The summed E-state index contributed by atoms with van der Waals surface area (Å²) >= 11 is 0. The van der Waals surface area contributed by atoms with Crippen LogP contribution in [0.15, 0.2) is 21.6 Å². The highest BCUT2D eigenvalue weighted by Gasteiger charge is 2.23. The number of furan rings is 1. The van der Waals surface area contributed by atoms with Gasteiger partial charge in [-0.05, 0) is 43.7 Å². The quantitative estimate of drug-likeness (QED) is 0.684. The van der Waals surface area contributed by atoms with Crippen molar-refractivity contribution >= 4 is 10.0 Å². The zero-order valence-corrected chi connectivity index (χ0v) is 12.4. The largest absolute Gasteiger partial charge is 0.447 e. The van der Waals surface area contributed by atoms with Crippen LogP contribution in [0.5, 0.6) is 0 Å². The predicted octanol–water partition coefficient (Wildman–Crippen LogP) is 2.00. The first-order valence-corrected chi connectivity index (χ1v) is 8.93. The summed E-state index contributed by atoms with van der Waals surface area (Å²) in [6.45, 7) is 1.09. The van der Waals surface area contributed by atoms with Crippen LogP contribution in [0.2, 0.25) is 0 Å². The van der Waals surface area contributed by atoms with Gasteiger partial charge in [0.1, 0.15) is 5.76 Å². The van der Waals surface area contributed by atoms with Gasteiger partial charge in [0.15, 0.2) is 0 Å². The van der Waals surface area contributed by atoms with E-state index in [1.807, 2.05) is 0 Å². The Morgan fingerprint density at radius 3 is 2.70 bits per heavy atom. The van der Waals surface area contributed by atoms with Gasteiger partial charge in [-0.2, -0.15) is 0 Å². The predicted molar refractivity (Wildman–Crippen MR) is 75.7 cm³/mol. The molecule has 1 aromatic heterocycles. The van der Waals surface area contributed by atoms with Crippen LogP contribution in [-0.2, 0) is 16.6 Å². The fourth-order valence-corrected chi connectivity index (χ4v) is 3.22. The fraction of sp³-hybridized carbons (Fsp3) is 0.714. The third kappa shape index (κ3) is 4.07. The third-order valence-electron chi connectivity index (χ3n) is 3.82. The summed E-state index contributed by atoms with van der Waals surface area (Å²) in [5.74, 6) is 1.51. The Hall–Kier alpha value is -0.850. The monoisotopic (exact) mass is 298 g/mol. The van der Waals surface area contributed by atoms with Crippen LogP contribution < -0.4 is 10.0 Å². The molecule has 2 aliphatic rings. The topological polar surface area (TPSA) is 71.3 Å². The van der Waals surface area contributed by atoms with Crippen molar-refractivity contribution in [3.8, 4) is 0 Å². The number of sulfonamides is 1. The first kappa shape index (κ1) is 14.1. The molecule has 112 valence electrons. The van der Waals surface area contributed by atoms with Crippen LogP contribution >= 0.6 is 0 Å². The molecule has 0 saturated heterocycles. The molecule has 0 aliphatic heterocycles. The van der Waals surface area contributed by atoms with E-state index in [1.165, 1.54) is 31.7 Å². The second-order valence-electron chi connectivity index (χ2n) is 5.86. The molecule has 2 N–H and O–H groups in total. The normalized spacial score (nSPS) is 19.4. The van der Waals surface area contributed by atoms with Crippen molar-refractivity contribution in [3.63, 3.8) is 0 Å². The van der Waals surface area contributed by atoms with Gasteiger partial charge in [0.05, 0.1) is 6.54 Å². The number of hydrogen-bond acceptors (Lipinski definition) is 4. The van der Waals surface area contributed by atoms with E-state index in [-0.39, 0.29) is 5.09 Å².